The molecule has 0 aliphatic heterocycles. The van der Waals surface area contributed by atoms with Gasteiger partial charge in [-0.25, -0.2) is 9.61 Å². The van der Waals surface area contributed by atoms with Gasteiger partial charge in [-0.15, -0.1) is 0 Å². The second-order valence-electron chi connectivity index (χ2n) is 4.13. The molecule has 0 saturated heterocycles. The van der Waals surface area contributed by atoms with Crippen molar-refractivity contribution in [3.8, 4) is 0 Å². The summed E-state index contributed by atoms with van der Waals surface area (Å²) in [5, 5.41) is 17.5. The first-order valence-corrected chi connectivity index (χ1v) is 5.93. The predicted octanol–water partition coefficient (Wildman–Crippen LogP) is 0.968. The number of aromatic amines is 1. The molecule has 98 valence electrons. The van der Waals surface area contributed by atoms with Crippen LogP contribution in [0.4, 0.5) is 11.4 Å². The average molecular weight is 259 g/mol. The molecule has 0 aliphatic carbocycles. The van der Waals surface area contributed by atoms with Crippen molar-refractivity contribution in [2.24, 2.45) is 0 Å². The number of aromatic nitrogens is 5. The van der Waals surface area contributed by atoms with Gasteiger partial charge in [0.25, 0.3) is 0 Å². The van der Waals surface area contributed by atoms with E-state index in [9.17, 15) is 0 Å². The number of nitrogens with two attached hydrogens (primary N) is 1. The van der Waals surface area contributed by atoms with Gasteiger partial charge in [-0.3, -0.25) is 5.10 Å². The van der Waals surface area contributed by atoms with Gasteiger partial charge in [-0.05, 0) is 28.9 Å². The molecular weight excluding hydrogens is 246 g/mol. The Morgan fingerprint density at radius 2 is 2.16 bits per heavy atom. The number of benzene rings is 1. The highest BCUT2D eigenvalue weighted by Gasteiger charge is 2.09. The number of aryl methyl sites for hydroxylation is 1. The Balaban J connectivity index is 1.62. The van der Waals surface area contributed by atoms with Crippen molar-refractivity contribution in [1.29, 1.82) is 0 Å². The van der Waals surface area contributed by atoms with Crippen LogP contribution in [-0.2, 0) is 6.42 Å². The fraction of sp³-hybridized carbons (Fsp3) is 0.273. The minimum absolute atomic E-state index is 0.559. The van der Waals surface area contributed by atoms with E-state index in [1.165, 1.54) is 6.33 Å². The molecule has 0 fully saturated rings. The number of hydrogen-bond acceptors (Lipinski definition) is 7. The number of H-pyrrole nitrogens is 1. The van der Waals surface area contributed by atoms with Crippen LogP contribution in [0.3, 0.4) is 0 Å². The van der Waals surface area contributed by atoms with Gasteiger partial charge in [-0.2, -0.15) is 5.10 Å². The van der Waals surface area contributed by atoms with E-state index in [1.807, 2.05) is 6.07 Å². The van der Waals surface area contributed by atoms with Crippen molar-refractivity contribution >= 4 is 22.4 Å². The fourth-order valence-corrected chi connectivity index (χ4v) is 1.86. The second-order valence-corrected chi connectivity index (χ2v) is 4.13. The second kappa shape index (κ2) is 4.92. The highest BCUT2D eigenvalue weighted by Crippen LogP contribution is 2.24. The molecule has 0 spiro atoms. The molecule has 0 amide bonds. The molecule has 0 bridgehead atoms. The van der Waals surface area contributed by atoms with Crippen LogP contribution in [0.5, 0.6) is 0 Å². The van der Waals surface area contributed by atoms with Crippen molar-refractivity contribution in [2.75, 3.05) is 17.6 Å². The third-order valence-electron chi connectivity index (χ3n) is 2.82. The summed E-state index contributed by atoms with van der Waals surface area (Å²) in [6.45, 7) is 0.784. The zero-order chi connectivity index (χ0) is 13.1. The standard InChI is InChI=1S/C11H13N7O/c12-7-3-4-8(11-10(7)17-19-18-11)13-5-1-2-9-14-6-15-16-9/h3-4,6,13H,1-2,5,12H2,(H,14,15,16). The van der Waals surface area contributed by atoms with Crippen molar-refractivity contribution < 1.29 is 4.63 Å². The van der Waals surface area contributed by atoms with Crippen molar-refractivity contribution in [3.05, 3.63) is 24.3 Å². The van der Waals surface area contributed by atoms with E-state index in [0.717, 1.165) is 30.9 Å². The Kier molecular flexibility index (Phi) is 2.97. The van der Waals surface area contributed by atoms with E-state index in [2.05, 4.69) is 30.8 Å². The molecule has 8 nitrogen and oxygen atoms in total. The van der Waals surface area contributed by atoms with Crippen LogP contribution >= 0.6 is 0 Å². The third kappa shape index (κ3) is 2.32. The largest absolute Gasteiger partial charge is 0.397 e. The van der Waals surface area contributed by atoms with Gasteiger partial charge < -0.3 is 11.1 Å². The average Bonchev–Trinajstić information content (AvgIpc) is 3.08. The van der Waals surface area contributed by atoms with Crippen LogP contribution in [0.25, 0.3) is 11.0 Å². The predicted molar refractivity (Wildman–Crippen MR) is 69.4 cm³/mol. The lowest BCUT2D eigenvalue weighted by Crippen LogP contribution is -2.04. The lowest BCUT2D eigenvalue weighted by molar-refractivity contribution is 0.316. The molecule has 0 saturated carbocycles. The molecule has 4 N–H and O–H groups in total. The normalized spacial score (nSPS) is 10.9. The molecule has 3 aromatic rings. The van der Waals surface area contributed by atoms with Gasteiger partial charge in [0.15, 0.2) is 11.0 Å². The van der Waals surface area contributed by atoms with Gasteiger partial charge in [0.05, 0.1) is 11.4 Å². The molecule has 2 aromatic heterocycles. The minimum Gasteiger partial charge on any atom is -0.397 e. The molecule has 3 rings (SSSR count). The highest BCUT2D eigenvalue weighted by molar-refractivity contribution is 5.94. The van der Waals surface area contributed by atoms with Gasteiger partial charge >= 0.3 is 0 Å². The fourth-order valence-electron chi connectivity index (χ4n) is 1.86. The smallest absolute Gasteiger partial charge is 0.160 e. The maximum Gasteiger partial charge on any atom is 0.160 e. The number of nitrogens with one attached hydrogen (secondary N) is 2. The monoisotopic (exact) mass is 259 g/mol. The SMILES string of the molecule is Nc1ccc(NCCCc2ncn[nH]2)c2nonc12. The number of hydrogen-bond donors (Lipinski definition) is 3. The molecule has 8 heteroatoms. The first kappa shape index (κ1) is 11.5. The van der Waals surface area contributed by atoms with E-state index < -0.39 is 0 Å². The number of fused-ring (bicyclic) bond motifs is 1. The van der Waals surface area contributed by atoms with Crippen LogP contribution in [0, 0.1) is 0 Å². The quantitative estimate of drug-likeness (QED) is 0.461. The zero-order valence-electron chi connectivity index (χ0n) is 10.1. The zero-order valence-corrected chi connectivity index (χ0v) is 10.1. The number of anilines is 2. The van der Waals surface area contributed by atoms with Gasteiger partial charge in [0.2, 0.25) is 0 Å². The molecular formula is C11H13N7O. The number of nitrogens with zero attached hydrogens (tertiary/aromatic N) is 4. The van der Waals surface area contributed by atoms with E-state index in [1.54, 1.807) is 6.07 Å². The maximum atomic E-state index is 5.78. The Labute approximate surface area is 108 Å². The third-order valence-corrected chi connectivity index (χ3v) is 2.82. The lowest BCUT2D eigenvalue weighted by Gasteiger charge is -2.06. The van der Waals surface area contributed by atoms with E-state index in [4.69, 9.17) is 10.4 Å². The van der Waals surface area contributed by atoms with Crippen molar-refractivity contribution in [2.45, 2.75) is 12.8 Å². The van der Waals surface area contributed by atoms with Crippen LogP contribution < -0.4 is 11.1 Å². The summed E-state index contributed by atoms with van der Waals surface area (Å²) in [6.07, 6.45) is 3.27. The summed E-state index contributed by atoms with van der Waals surface area (Å²) in [7, 11) is 0. The maximum absolute atomic E-state index is 5.78. The van der Waals surface area contributed by atoms with Crippen LogP contribution in [0.2, 0.25) is 0 Å². The van der Waals surface area contributed by atoms with E-state index in [0.29, 0.717) is 16.7 Å². The van der Waals surface area contributed by atoms with Gasteiger partial charge in [0.1, 0.15) is 12.2 Å². The van der Waals surface area contributed by atoms with E-state index >= 15 is 0 Å². The Morgan fingerprint density at radius 1 is 1.26 bits per heavy atom. The van der Waals surface area contributed by atoms with Crippen LogP contribution in [0.1, 0.15) is 12.2 Å². The number of rotatable bonds is 5. The highest BCUT2D eigenvalue weighted by atomic mass is 16.6. The van der Waals surface area contributed by atoms with Crippen molar-refractivity contribution in [3.63, 3.8) is 0 Å². The molecule has 0 unspecified atom stereocenters. The summed E-state index contributed by atoms with van der Waals surface area (Å²) < 4.78 is 4.71. The molecule has 0 atom stereocenters. The topological polar surface area (TPSA) is 119 Å². The Bertz CT molecular complexity index is 661. The summed E-state index contributed by atoms with van der Waals surface area (Å²) in [4.78, 5) is 4.07. The minimum atomic E-state index is 0.559. The number of nitrogen functional groups attached to an aromatic ring is 1. The van der Waals surface area contributed by atoms with Crippen LogP contribution in [-0.4, -0.2) is 32.0 Å². The molecule has 19 heavy (non-hydrogen) atoms. The summed E-state index contributed by atoms with van der Waals surface area (Å²) in [5.41, 5.74) is 8.44. The molecule has 2 heterocycles. The summed E-state index contributed by atoms with van der Waals surface area (Å²) in [6, 6.07) is 3.65. The lowest BCUT2D eigenvalue weighted by atomic mass is 10.2. The van der Waals surface area contributed by atoms with Crippen LogP contribution in [0.15, 0.2) is 23.1 Å². The summed E-state index contributed by atoms with van der Waals surface area (Å²) >= 11 is 0. The first-order chi connectivity index (χ1) is 9.34. The van der Waals surface area contributed by atoms with Gasteiger partial charge in [-0.1, -0.05) is 0 Å². The Morgan fingerprint density at radius 3 is 3.00 bits per heavy atom. The molecule has 0 radical (unpaired) electrons. The molecule has 0 aliphatic rings. The van der Waals surface area contributed by atoms with E-state index in [-0.39, 0.29) is 0 Å². The first-order valence-electron chi connectivity index (χ1n) is 5.93. The van der Waals surface area contributed by atoms with Gasteiger partial charge in [0, 0.05) is 13.0 Å². The summed E-state index contributed by atoms with van der Waals surface area (Å²) in [5.74, 6) is 0.882. The Hall–Kier alpha value is -2.64. The molecule has 1 aromatic carbocycles. The van der Waals surface area contributed by atoms with Crippen molar-refractivity contribution in [1.82, 2.24) is 25.5 Å².